The molecule has 0 aromatic heterocycles. The third-order valence-electron chi connectivity index (χ3n) is 2.51. The minimum absolute atomic E-state index is 0.0615. The van der Waals surface area contributed by atoms with Gasteiger partial charge in [0.2, 0.25) is 0 Å². The standard InChI is InChI=1S/C14H18O5/c1-14(2,17)8-11(15)10-7-9(13(16)19-4)5-6-12(10)18-3/h5-7,17H,8H2,1-4H3. The first-order chi connectivity index (χ1) is 8.78. The lowest BCUT2D eigenvalue weighted by atomic mass is 9.96. The Morgan fingerprint density at radius 2 is 1.89 bits per heavy atom. The number of ether oxygens (including phenoxy) is 2. The van der Waals surface area contributed by atoms with Gasteiger partial charge in [0, 0.05) is 6.42 Å². The topological polar surface area (TPSA) is 72.8 Å². The summed E-state index contributed by atoms with van der Waals surface area (Å²) in [7, 11) is 2.71. The predicted molar refractivity (Wildman–Crippen MR) is 69.6 cm³/mol. The number of rotatable bonds is 5. The van der Waals surface area contributed by atoms with Crippen LogP contribution in [-0.2, 0) is 4.74 Å². The van der Waals surface area contributed by atoms with Crippen molar-refractivity contribution in [1.29, 1.82) is 0 Å². The van der Waals surface area contributed by atoms with Crippen molar-refractivity contribution in [3.63, 3.8) is 0 Å². The molecule has 0 saturated carbocycles. The molecule has 0 saturated heterocycles. The van der Waals surface area contributed by atoms with Gasteiger partial charge in [0.15, 0.2) is 5.78 Å². The molecule has 104 valence electrons. The van der Waals surface area contributed by atoms with Crippen LogP contribution in [0.15, 0.2) is 18.2 Å². The zero-order valence-corrected chi connectivity index (χ0v) is 11.5. The number of ketones is 1. The summed E-state index contributed by atoms with van der Waals surface area (Å²) < 4.78 is 9.70. The van der Waals surface area contributed by atoms with Gasteiger partial charge in [-0.2, -0.15) is 0 Å². The molecule has 0 atom stereocenters. The molecule has 0 fully saturated rings. The molecule has 0 aliphatic carbocycles. The van der Waals surface area contributed by atoms with Crippen LogP contribution in [0.4, 0.5) is 0 Å². The Balaban J connectivity index is 3.16. The van der Waals surface area contributed by atoms with E-state index >= 15 is 0 Å². The van der Waals surface area contributed by atoms with Crippen molar-refractivity contribution in [3.05, 3.63) is 29.3 Å². The first-order valence-corrected chi connectivity index (χ1v) is 5.80. The monoisotopic (exact) mass is 266 g/mol. The van der Waals surface area contributed by atoms with Crippen molar-refractivity contribution in [2.75, 3.05) is 14.2 Å². The number of esters is 1. The first kappa shape index (κ1) is 15.2. The highest BCUT2D eigenvalue weighted by molar-refractivity contribution is 6.01. The van der Waals surface area contributed by atoms with Gasteiger partial charge < -0.3 is 14.6 Å². The second-order valence-electron chi connectivity index (χ2n) is 4.82. The van der Waals surface area contributed by atoms with Crippen LogP contribution in [0.5, 0.6) is 5.75 Å². The van der Waals surface area contributed by atoms with Gasteiger partial charge in [-0.1, -0.05) is 0 Å². The highest BCUT2D eigenvalue weighted by Gasteiger charge is 2.22. The smallest absolute Gasteiger partial charge is 0.337 e. The Hall–Kier alpha value is -1.88. The number of hydrogen-bond donors (Lipinski definition) is 1. The lowest BCUT2D eigenvalue weighted by Crippen LogP contribution is -2.23. The second-order valence-corrected chi connectivity index (χ2v) is 4.82. The maximum Gasteiger partial charge on any atom is 0.337 e. The normalized spacial score (nSPS) is 11.0. The highest BCUT2D eigenvalue weighted by atomic mass is 16.5. The summed E-state index contributed by atoms with van der Waals surface area (Å²) in [5, 5.41) is 9.68. The molecule has 0 heterocycles. The fourth-order valence-electron chi connectivity index (χ4n) is 1.66. The highest BCUT2D eigenvalue weighted by Crippen LogP contribution is 2.24. The van der Waals surface area contributed by atoms with Crippen molar-refractivity contribution < 1.29 is 24.2 Å². The summed E-state index contributed by atoms with van der Waals surface area (Å²) in [6.45, 7) is 3.09. The van der Waals surface area contributed by atoms with Crippen LogP contribution in [0.2, 0.25) is 0 Å². The molecule has 1 rings (SSSR count). The molecule has 0 radical (unpaired) electrons. The SMILES string of the molecule is COC(=O)c1ccc(OC)c(C(=O)CC(C)(C)O)c1. The average Bonchev–Trinajstić information content (AvgIpc) is 2.35. The van der Waals surface area contributed by atoms with E-state index < -0.39 is 11.6 Å². The number of methoxy groups -OCH3 is 2. The summed E-state index contributed by atoms with van der Waals surface area (Å²) in [5.74, 6) is -0.461. The average molecular weight is 266 g/mol. The molecule has 5 heteroatoms. The number of carbonyl (C=O) groups is 2. The quantitative estimate of drug-likeness (QED) is 0.650. The minimum Gasteiger partial charge on any atom is -0.496 e. The molecule has 0 amide bonds. The van der Waals surface area contributed by atoms with Crippen molar-refractivity contribution >= 4 is 11.8 Å². The Bertz CT molecular complexity index is 485. The van der Waals surface area contributed by atoms with E-state index in [1.807, 2.05) is 0 Å². The maximum atomic E-state index is 12.1. The van der Waals surface area contributed by atoms with Crippen LogP contribution >= 0.6 is 0 Å². The van der Waals surface area contributed by atoms with E-state index in [0.717, 1.165) is 0 Å². The molecule has 0 aliphatic rings. The van der Waals surface area contributed by atoms with E-state index in [4.69, 9.17) is 4.74 Å². The Kier molecular flexibility index (Phi) is 4.67. The summed E-state index contributed by atoms with van der Waals surface area (Å²) in [6.07, 6.45) is -0.0615. The fraction of sp³-hybridized carbons (Fsp3) is 0.429. The molecule has 0 bridgehead atoms. The van der Waals surface area contributed by atoms with Crippen LogP contribution in [0.25, 0.3) is 0 Å². The lowest BCUT2D eigenvalue weighted by molar-refractivity contribution is 0.0585. The summed E-state index contributed by atoms with van der Waals surface area (Å²) in [6, 6.07) is 4.47. The predicted octanol–water partition coefficient (Wildman–Crippen LogP) is 1.83. The van der Waals surface area contributed by atoms with Crippen LogP contribution in [0.1, 0.15) is 41.0 Å². The largest absolute Gasteiger partial charge is 0.496 e. The van der Waals surface area contributed by atoms with Crippen LogP contribution < -0.4 is 4.74 Å². The van der Waals surface area contributed by atoms with Gasteiger partial charge in [-0.15, -0.1) is 0 Å². The molecule has 0 aliphatic heterocycles. The molecule has 0 unspecified atom stereocenters. The number of carbonyl (C=O) groups excluding carboxylic acids is 2. The molecule has 19 heavy (non-hydrogen) atoms. The van der Waals surface area contributed by atoms with Gasteiger partial charge in [-0.25, -0.2) is 4.79 Å². The Labute approximate surface area is 112 Å². The van der Waals surface area contributed by atoms with Gasteiger partial charge in [0.05, 0.1) is 30.9 Å². The fourth-order valence-corrected chi connectivity index (χ4v) is 1.66. The minimum atomic E-state index is -1.12. The van der Waals surface area contributed by atoms with Crippen LogP contribution in [-0.4, -0.2) is 36.7 Å². The van der Waals surface area contributed by atoms with E-state index in [9.17, 15) is 14.7 Å². The maximum absolute atomic E-state index is 12.1. The number of benzene rings is 1. The molecule has 0 spiro atoms. The molecule has 1 aromatic carbocycles. The van der Waals surface area contributed by atoms with E-state index in [2.05, 4.69) is 4.74 Å². The van der Waals surface area contributed by atoms with E-state index in [1.165, 1.54) is 32.4 Å². The van der Waals surface area contributed by atoms with Crippen molar-refractivity contribution in [2.24, 2.45) is 0 Å². The van der Waals surface area contributed by atoms with Gasteiger partial charge >= 0.3 is 5.97 Å². The number of aliphatic hydroxyl groups is 1. The Morgan fingerprint density at radius 1 is 1.26 bits per heavy atom. The molecule has 5 nitrogen and oxygen atoms in total. The van der Waals surface area contributed by atoms with E-state index in [1.54, 1.807) is 13.8 Å². The third kappa shape index (κ3) is 4.06. The van der Waals surface area contributed by atoms with Gasteiger partial charge in [-0.3, -0.25) is 4.79 Å². The first-order valence-electron chi connectivity index (χ1n) is 5.80. The van der Waals surface area contributed by atoms with Crippen LogP contribution in [0.3, 0.4) is 0 Å². The number of Topliss-reactive ketones (excluding diaryl/α,β-unsaturated/α-hetero) is 1. The van der Waals surface area contributed by atoms with Gasteiger partial charge in [-0.05, 0) is 32.0 Å². The second kappa shape index (κ2) is 5.84. The van der Waals surface area contributed by atoms with E-state index in [0.29, 0.717) is 5.75 Å². The Morgan fingerprint density at radius 3 is 2.37 bits per heavy atom. The molecule has 1 aromatic rings. The molecular formula is C14H18O5. The summed E-state index contributed by atoms with van der Waals surface area (Å²) in [4.78, 5) is 23.6. The van der Waals surface area contributed by atoms with Crippen molar-refractivity contribution in [3.8, 4) is 5.75 Å². The zero-order chi connectivity index (χ0) is 14.6. The summed E-state index contributed by atoms with van der Waals surface area (Å²) >= 11 is 0. The lowest BCUT2D eigenvalue weighted by Gasteiger charge is -2.17. The van der Waals surface area contributed by atoms with Crippen molar-refractivity contribution in [2.45, 2.75) is 25.9 Å². The zero-order valence-electron chi connectivity index (χ0n) is 11.5. The molecule has 1 N–H and O–H groups in total. The number of hydrogen-bond acceptors (Lipinski definition) is 5. The van der Waals surface area contributed by atoms with Gasteiger partial charge in [0.1, 0.15) is 5.75 Å². The van der Waals surface area contributed by atoms with Crippen LogP contribution in [0, 0.1) is 0 Å². The van der Waals surface area contributed by atoms with Crippen molar-refractivity contribution in [1.82, 2.24) is 0 Å². The van der Waals surface area contributed by atoms with Gasteiger partial charge in [0.25, 0.3) is 0 Å². The van der Waals surface area contributed by atoms with E-state index in [-0.39, 0.29) is 23.3 Å². The third-order valence-corrected chi connectivity index (χ3v) is 2.51. The molecular weight excluding hydrogens is 248 g/mol. The summed E-state index contributed by atoms with van der Waals surface area (Å²) in [5.41, 5.74) is -0.599.